The predicted molar refractivity (Wildman–Crippen MR) is 60.7 cm³/mol. The average molecular weight is 213 g/mol. The predicted octanol–water partition coefficient (Wildman–Crippen LogP) is 1.26. The molecule has 0 fully saturated rings. The van der Waals surface area contributed by atoms with Gasteiger partial charge in [0.25, 0.3) is 0 Å². The Morgan fingerprint density at radius 2 is 2.31 bits per heavy atom. The van der Waals surface area contributed by atoms with E-state index >= 15 is 0 Å². The molecule has 0 spiro atoms. The summed E-state index contributed by atoms with van der Waals surface area (Å²) in [5.41, 5.74) is 1.51. The molecule has 4 heteroatoms. The highest BCUT2D eigenvalue weighted by molar-refractivity contribution is 5.84. The molecule has 1 amide bonds. The number of fused-ring (bicyclic) bond motifs is 1. The van der Waals surface area contributed by atoms with Crippen LogP contribution >= 0.6 is 0 Å². The van der Waals surface area contributed by atoms with Gasteiger partial charge in [0.15, 0.2) is 0 Å². The third-order valence-electron chi connectivity index (χ3n) is 2.50. The molecular weight excluding hydrogens is 202 g/mol. The Hall–Kier alpha value is -2.28. The molecule has 1 heterocycles. The van der Waals surface area contributed by atoms with Gasteiger partial charge in [0.2, 0.25) is 5.91 Å². The van der Waals surface area contributed by atoms with E-state index < -0.39 is 0 Å². The van der Waals surface area contributed by atoms with Crippen molar-refractivity contribution in [2.24, 2.45) is 0 Å². The number of amides is 1. The number of likely N-dealkylation sites (N-methyl/N-ethyl adjacent to an activating group) is 1. The van der Waals surface area contributed by atoms with Crippen molar-refractivity contribution in [3.8, 4) is 6.07 Å². The quantitative estimate of drug-likeness (QED) is 0.816. The highest BCUT2D eigenvalue weighted by atomic mass is 16.1. The van der Waals surface area contributed by atoms with E-state index in [2.05, 4.69) is 11.4 Å². The molecule has 0 bridgehead atoms. The van der Waals surface area contributed by atoms with Crippen molar-refractivity contribution >= 4 is 16.8 Å². The van der Waals surface area contributed by atoms with Crippen LogP contribution in [0.15, 0.2) is 30.5 Å². The first kappa shape index (κ1) is 10.2. The number of nitrogens with one attached hydrogen (secondary N) is 1. The lowest BCUT2D eigenvalue weighted by Crippen LogP contribution is -2.22. The number of carbonyl (C=O) groups is 1. The van der Waals surface area contributed by atoms with Gasteiger partial charge in [0, 0.05) is 18.8 Å². The van der Waals surface area contributed by atoms with Crippen LogP contribution in [0.25, 0.3) is 10.9 Å². The Morgan fingerprint density at radius 1 is 1.50 bits per heavy atom. The molecule has 0 unspecified atom stereocenters. The zero-order valence-electron chi connectivity index (χ0n) is 8.90. The van der Waals surface area contributed by atoms with E-state index in [-0.39, 0.29) is 12.5 Å². The average Bonchev–Trinajstić information content (AvgIpc) is 2.71. The summed E-state index contributed by atoms with van der Waals surface area (Å²) in [6.07, 6.45) is 1.85. The van der Waals surface area contributed by atoms with Crippen LogP contribution in [0.5, 0.6) is 0 Å². The molecule has 1 aromatic carbocycles. The summed E-state index contributed by atoms with van der Waals surface area (Å²) >= 11 is 0. The second kappa shape index (κ2) is 4.07. The molecular formula is C12H11N3O. The number of benzene rings is 1. The lowest BCUT2D eigenvalue weighted by Gasteiger charge is -2.04. The number of hydrogen-bond donors (Lipinski definition) is 1. The molecule has 1 N–H and O–H groups in total. The summed E-state index contributed by atoms with van der Waals surface area (Å²) in [4.78, 5) is 11.3. The smallest absolute Gasteiger partial charge is 0.239 e. The van der Waals surface area contributed by atoms with Crippen molar-refractivity contribution in [1.82, 2.24) is 9.88 Å². The van der Waals surface area contributed by atoms with Gasteiger partial charge in [-0.3, -0.25) is 4.79 Å². The summed E-state index contributed by atoms with van der Waals surface area (Å²) in [5.74, 6) is -0.0557. The van der Waals surface area contributed by atoms with Gasteiger partial charge in [0.1, 0.15) is 6.54 Å². The molecule has 0 aliphatic carbocycles. The summed E-state index contributed by atoms with van der Waals surface area (Å²) in [6, 6.07) is 9.46. The molecule has 0 saturated heterocycles. The minimum Gasteiger partial charge on any atom is -0.358 e. The number of rotatable bonds is 2. The largest absolute Gasteiger partial charge is 0.358 e. The van der Waals surface area contributed by atoms with Gasteiger partial charge in [0.05, 0.1) is 11.6 Å². The minimum absolute atomic E-state index is 0.0557. The molecule has 2 rings (SSSR count). The Morgan fingerprint density at radius 3 is 3.00 bits per heavy atom. The highest BCUT2D eigenvalue weighted by Gasteiger charge is 2.05. The lowest BCUT2D eigenvalue weighted by atomic mass is 10.2. The van der Waals surface area contributed by atoms with Crippen LogP contribution in [0, 0.1) is 11.3 Å². The fourth-order valence-electron chi connectivity index (χ4n) is 1.63. The van der Waals surface area contributed by atoms with Crippen LogP contribution in [0.4, 0.5) is 0 Å². The van der Waals surface area contributed by atoms with Crippen molar-refractivity contribution in [2.75, 3.05) is 7.05 Å². The molecule has 0 saturated carbocycles. The molecule has 1 aromatic heterocycles. The van der Waals surface area contributed by atoms with Crippen molar-refractivity contribution in [3.05, 3.63) is 36.0 Å². The Balaban J connectivity index is 2.46. The first-order valence-electron chi connectivity index (χ1n) is 4.94. The van der Waals surface area contributed by atoms with Crippen LogP contribution < -0.4 is 5.32 Å². The van der Waals surface area contributed by atoms with Crippen molar-refractivity contribution in [1.29, 1.82) is 5.26 Å². The Kier molecular flexibility index (Phi) is 2.61. The monoisotopic (exact) mass is 213 g/mol. The maximum Gasteiger partial charge on any atom is 0.239 e. The van der Waals surface area contributed by atoms with E-state index in [1.54, 1.807) is 19.2 Å². The Labute approximate surface area is 93.1 Å². The van der Waals surface area contributed by atoms with Gasteiger partial charge >= 0.3 is 0 Å². The van der Waals surface area contributed by atoms with Crippen LogP contribution in [0.2, 0.25) is 0 Å². The fraction of sp³-hybridized carbons (Fsp3) is 0.167. The molecule has 4 nitrogen and oxygen atoms in total. The number of aromatic nitrogens is 1. The van der Waals surface area contributed by atoms with Gasteiger partial charge in [-0.15, -0.1) is 0 Å². The van der Waals surface area contributed by atoms with Gasteiger partial charge in [-0.2, -0.15) is 5.26 Å². The van der Waals surface area contributed by atoms with Crippen molar-refractivity contribution < 1.29 is 4.79 Å². The van der Waals surface area contributed by atoms with Gasteiger partial charge < -0.3 is 9.88 Å². The summed E-state index contributed by atoms with van der Waals surface area (Å²) in [5, 5.41) is 12.4. The number of nitriles is 1. The third-order valence-corrected chi connectivity index (χ3v) is 2.50. The van der Waals surface area contributed by atoms with Crippen molar-refractivity contribution in [2.45, 2.75) is 6.54 Å². The number of nitrogens with zero attached hydrogens (tertiary/aromatic N) is 2. The zero-order chi connectivity index (χ0) is 11.5. The maximum atomic E-state index is 11.3. The Bertz CT molecular complexity index is 577. The standard InChI is InChI=1S/C12H11N3O/c1-14-12(16)8-15-5-4-10-3-2-9(7-13)6-11(10)15/h2-6H,8H2,1H3,(H,14,16). The van der Waals surface area contributed by atoms with E-state index in [9.17, 15) is 4.79 Å². The maximum absolute atomic E-state index is 11.3. The zero-order valence-corrected chi connectivity index (χ0v) is 8.90. The summed E-state index contributed by atoms with van der Waals surface area (Å²) < 4.78 is 1.83. The molecule has 16 heavy (non-hydrogen) atoms. The van der Waals surface area contributed by atoms with Crippen LogP contribution in [0.3, 0.4) is 0 Å². The number of carbonyl (C=O) groups excluding carboxylic acids is 1. The molecule has 0 aliphatic rings. The summed E-state index contributed by atoms with van der Waals surface area (Å²) in [7, 11) is 1.61. The van der Waals surface area contributed by atoms with E-state index in [0.717, 1.165) is 10.9 Å². The van der Waals surface area contributed by atoms with Crippen molar-refractivity contribution in [3.63, 3.8) is 0 Å². The second-order valence-electron chi connectivity index (χ2n) is 3.50. The van der Waals surface area contributed by atoms with Crippen LogP contribution in [0.1, 0.15) is 5.56 Å². The van der Waals surface area contributed by atoms with E-state index in [4.69, 9.17) is 5.26 Å². The first-order valence-corrected chi connectivity index (χ1v) is 4.94. The molecule has 2 aromatic rings. The van der Waals surface area contributed by atoms with Crippen LogP contribution in [-0.4, -0.2) is 17.5 Å². The normalized spacial score (nSPS) is 10.0. The second-order valence-corrected chi connectivity index (χ2v) is 3.50. The number of hydrogen-bond acceptors (Lipinski definition) is 2. The molecule has 0 atom stereocenters. The third kappa shape index (κ3) is 1.75. The van der Waals surface area contributed by atoms with Crippen LogP contribution in [-0.2, 0) is 11.3 Å². The lowest BCUT2D eigenvalue weighted by molar-refractivity contribution is -0.121. The SMILES string of the molecule is CNC(=O)Cn1ccc2ccc(C#N)cc21. The van der Waals surface area contributed by atoms with Gasteiger partial charge in [-0.1, -0.05) is 6.07 Å². The van der Waals surface area contributed by atoms with Gasteiger partial charge in [-0.25, -0.2) is 0 Å². The topological polar surface area (TPSA) is 57.8 Å². The minimum atomic E-state index is -0.0557. The first-order chi connectivity index (χ1) is 7.74. The van der Waals surface area contributed by atoms with E-state index in [1.807, 2.05) is 22.9 Å². The summed E-state index contributed by atoms with van der Waals surface area (Å²) in [6.45, 7) is 0.273. The highest BCUT2D eigenvalue weighted by Crippen LogP contribution is 2.17. The fourth-order valence-corrected chi connectivity index (χ4v) is 1.63. The van der Waals surface area contributed by atoms with E-state index in [0.29, 0.717) is 5.56 Å². The molecule has 80 valence electrons. The molecule has 0 radical (unpaired) electrons. The van der Waals surface area contributed by atoms with Gasteiger partial charge in [-0.05, 0) is 23.6 Å². The van der Waals surface area contributed by atoms with E-state index in [1.165, 1.54) is 0 Å². The molecule has 0 aliphatic heterocycles.